The van der Waals surface area contributed by atoms with Gasteiger partial charge in [-0.2, -0.15) is 0 Å². The van der Waals surface area contributed by atoms with Crippen molar-refractivity contribution in [3.05, 3.63) is 35.8 Å². The van der Waals surface area contributed by atoms with E-state index < -0.39 is 0 Å². The van der Waals surface area contributed by atoms with E-state index in [4.69, 9.17) is 5.73 Å². The van der Waals surface area contributed by atoms with Gasteiger partial charge in [0.15, 0.2) is 0 Å². The molecular weight excluding hydrogens is 285 g/mol. The van der Waals surface area contributed by atoms with Crippen molar-refractivity contribution < 1.29 is 18.9 Å². The maximum atomic E-state index is 13.4. The van der Waals surface area contributed by atoms with E-state index >= 15 is 0 Å². The number of halogens is 1. The number of amides is 1. The van der Waals surface area contributed by atoms with Gasteiger partial charge in [0.25, 0.3) is 0 Å². The lowest BCUT2D eigenvalue weighted by Gasteiger charge is -2.27. The minimum atomic E-state index is -0.351. The summed E-state index contributed by atoms with van der Waals surface area (Å²) in [6.45, 7) is 1.88. The van der Waals surface area contributed by atoms with E-state index in [2.05, 4.69) is 4.98 Å². The number of aromatic nitrogens is 1. The molecule has 1 fully saturated rings. The molecule has 0 spiro atoms. The van der Waals surface area contributed by atoms with Crippen LogP contribution in [0.3, 0.4) is 0 Å². The lowest BCUT2D eigenvalue weighted by Crippen LogP contribution is -3.14. The number of nitrogens with one attached hydrogen (secondary N) is 2. The third-order valence-corrected chi connectivity index (χ3v) is 4.45. The van der Waals surface area contributed by atoms with Crippen molar-refractivity contribution in [1.82, 2.24) is 4.98 Å². The van der Waals surface area contributed by atoms with Gasteiger partial charge in [-0.25, -0.2) is 4.39 Å². The highest BCUT2D eigenvalue weighted by Crippen LogP contribution is 2.19. The Kier molecular flexibility index (Phi) is 3.94. The van der Waals surface area contributed by atoms with Crippen molar-refractivity contribution in [3.63, 3.8) is 0 Å². The fourth-order valence-corrected chi connectivity index (χ4v) is 3.13. The summed E-state index contributed by atoms with van der Waals surface area (Å²) in [7, 11) is 0. The Morgan fingerprint density at radius 1 is 1.32 bits per heavy atom. The van der Waals surface area contributed by atoms with Gasteiger partial charge in [0, 0.05) is 41.4 Å². The van der Waals surface area contributed by atoms with Crippen molar-refractivity contribution >= 4 is 22.6 Å². The molecule has 4 N–H and O–H groups in total. The Morgan fingerprint density at radius 3 is 2.73 bits per heavy atom. The van der Waals surface area contributed by atoms with Crippen LogP contribution in [-0.2, 0) is 4.79 Å². The Bertz CT molecular complexity index is 717. The molecule has 22 heavy (non-hydrogen) atoms. The Hall–Kier alpha value is -2.21. The number of rotatable bonds is 4. The summed E-state index contributed by atoms with van der Waals surface area (Å²) in [6.07, 6.45) is 3.09. The number of Topliss-reactive ketones (excluding diaryl/α,β-unsaturated/α-hetero) is 1. The molecule has 5 nitrogen and oxygen atoms in total. The third-order valence-electron chi connectivity index (χ3n) is 4.45. The van der Waals surface area contributed by atoms with Crippen LogP contribution >= 0.6 is 0 Å². The molecule has 0 aliphatic carbocycles. The Balaban J connectivity index is 1.69. The number of aromatic amines is 1. The van der Waals surface area contributed by atoms with Gasteiger partial charge in [0.2, 0.25) is 11.7 Å². The first-order chi connectivity index (χ1) is 10.5. The molecule has 1 aliphatic rings. The highest BCUT2D eigenvalue weighted by Gasteiger charge is 2.27. The van der Waals surface area contributed by atoms with Crippen LogP contribution in [0.5, 0.6) is 0 Å². The average Bonchev–Trinajstić information content (AvgIpc) is 2.90. The predicted molar refractivity (Wildman–Crippen MR) is 80.1 cm³/mol. The number of hydrogen-bond donors (Lipinski definition) is 3. The number of ketones is 1. The minimum Gasteiger partial charge on any atom is -0.369 e. The zero-order valence-corrected chi connectivity index (χ0v) is 12.2. The first-order valence-electron chi connectivity index (χ1n) is 7.47. The molecule has 2 heterocycles. The SMILES string of the molecule is NC(=O)C1CC[NH+](CC(=O)c2c[nH]c3ccc(F)cc23)CC1. The molecular formula is C16H19FN3O2+. The lowest BCUT2D eigenvalue weighted by molar-refractivity contribution is -0.897. The van der Waals surface area contributed by atoms with Crippen LogP contribution in [-0.4, -0.2) is 36.3 Å². The second kappa shape index (κ2) is 5.88. The fraction of sp³-hybridized carbons (Fsp3) is 0.375. The summed E-state index contributed by atoms with van der Waals surface area (Å²) >= 11 is 0. The largest absolute Gasteiger partial charge is 0.369 e. The molecule has 0 bridgehead atoms. The van der Waals surface area contributed by atoms with E-state index in [-0.39, 0.29) is 23.4 Å². The van der Waals surface area contributed by atoms with E-state index in [1.165, 1.54) is 12.1 Å². The van der Waals surface area contributed by atoms with Crippen molar-refractivity contribution in [2.75, 3.05) is 19.6 Å². The predicted octanol–water partition coefficient (Wildman–Crippen LogP) is 0.270. The number of fused-ring (bicyclic) bond motifs is 1. The number of hydrogen-bond acceptors (Lipinski definition) is 2. The number of primary amides is 1. The van der Waals surface area contributed by atoms with Crippen LogP contribution in [0.25, 0.3) is 10.9 Å². The molecule has 0 saturated carbocycles. The molecule has 1 amide bonds. The molecule has 116 valence electrons. The zero-order valence-electron chi connectivity index (χ0n) is 12.2. The van der Waals surface area contributed by atoms with Crippen LogP contribution in [0.2, 0.25) is 0 Å². The summed E-state index contributed by atoms with van der Waals surface area (Å²) < 4.78 is 13.4. The third kappa shape index (κ3) is 2.87. The van der Waals surface area contributed by atoms with Crippen LogP contribution in [0.4, 0.5) is 4.39 Å². The number of carbonyl (C=O) groups is 2. The molecule has 1 saturated heterocycles. The van der Waals surface area contributed by atoms with E-state index in [9.17, 15) is 14.0 Å². The molecule has 1 aromatic carbocycles. The number of nitrogens with two attached hydrogens (primary N) is 1. The number of piperidine rings is 1. The summed E-state index contributed by atoms with van der Waals surface area (Å²) in [5.74, 6) is -0.682. The molecule has 0 unspecified atom stereocenters. The van der Waals surface area contributed by atoms with Gasteiger partial charge in [-0.05, 0) is 18.2 Å². The highest BCUT2D eigenvalue weighted by atomic mass is 19.1. The molecule has 1 aromatic heterocycles. The van der Waals surface area contributed by atoms with Gasteiger partial charge in [0.05, 0.1) is 13.1 Å². The average molecular weight is 304 g/mol. The molecule has 6 heteroatoms. The van der Waals surface area contributed by atoms with Gasteiger partial charge in [-0.3, -0.25) is 9.59 Å². The van der Waals surface area contributed by atoms with Crippen molar-refractivity contribution in [3.8, 4) is 0 Å². The van der Waals surface area contributed by atoms with Crippen LogP contribution in [0.1, 0.15) is 23.2 Å². The second-order valence-corrected chi connectivity index (χ2v) is 5.92. The maximum absolute atomic E-state index is 13.4. The summed E-state index contributed by atoms with van der Waals surface area (Å²) in [6, 6.07) is 4.38. The molecule has 2 aromatic rings. The first-order valence-corrected chi connectivity index (χ1v) is 7.47. The Morgan fingerprint density at radius 2 is 2.05 bits per heavy atom. The summed E-state index contributed by atoms with van der Waals surface area (Å²) in [4.78, 5) is 27.8. The number of quaternary nitrogens is 1. The highest BCUT2D eigenvalue weighted by molar-refractivity contribution is 6.08. The Labute approximate surface area is 127 Å². The number of H-pyrrole nitrogens is 1. The lowest BCUT2D eigenvalue weighted by atomic mass is 9.96. The van der Waals surface area contributed by atoms with Gasteiger partial charge in [-0.15, -0.1) is 0 Å². The molecule has 0 radical (unpaired) electrons. The topological polar surface area (TPSA) is 80.4 Å². The van der Waals surface area contributed by atoms with Gasteiger partial charge < -0.3 is 15.6 Å². The van der Waals surface area contributed by atoms with Crippen LogP contribution in [0, 0.1) is 11.7 Å². The van der Waals surface area contributed by atoms with E-state index in [0.717, 1.165) is 36.3 Å². The quantitative estimate of drug-likeness (QED) is 0.709. The first kappa shape index (κ1) is 14.7. The maximum Gasteiger partial charge on any atom is 0.220 e. The van der Waals surface area contributed by atoms with Crippen LogP contribution in [0.15, 0.2) is 24.4 Å². The summed E-state index contributed by atoms with van der Waals surface area (Å²) in [5, 5.41) is 0.622. The van der Waals surface area contributed by atoms with Gasteiger partial charge in [0.1, 0.15) is 12.4 Å². The molecule has 0 atom stereocenters. The number of likely N-dealkylation sites (tertiary alicyclic amines) is 1. The fourth-order valence-electron chi connectivity index (χ4n) is 3.13. The monoisotopic (exact) mass is 304 g/mol. The normalized spacial score (nSPS) is 21.9. The minimum absolute atomic E-state index is 0.00984. The molecule has 1 aliphatic heterocycles. The van der Waals surface area contributed by atoms with Crippen molar-refractivity contribution in [2.45, 2.75) is 12.8 Å². The van der Waals surface area contributed by atoms with Gasteiger partial charge >= 0.3 is 0 Å². The van der Waals surface area contributed by atoms with Crippen LogP contribution < -0.4 is 10.6 Å². The van der Waals surface area contributed by atoms with Crippen molar-refractivity contribution in [2.24, 2.45) is 11.7 Å². The smallest absolute Gasteiger partial charge is 0.220 e. The molecule has 3 rings (SSSR count). The van der Waals surface area contributed by atoms with E-state index in [0.29, 0.717) is 17.5 Å². The number of carbonyl (C=O) groups excluding carboxylic acids is 2. The van der Waals surface area contributed by atoms with E-state index in [1.54, 1.807) is 12.3 Å². The zero-order chi connectivity index (χ0) is 15.7. The van der Waals surface area contributed by atoms with E-state index in [1.807, 2.05) is 0 Å². The standard InChI is InChI=1S/C16H18FN3O2/c17-11-1-2-14-12(7-11)13(8-19-14)15(21)9-20-5-3-10(4-6-20)16(18)22/h1-2,7-8,10,19H,3-6,9H2,(H2,18,22)/p+1. The number of benzene rings is 1. The van der Waals surface area contributed by atoms with Gasteiger partial charge in [-0.1, -0.05) is 0 Å². The summed E-state index contributed by atoms with van der Waals surface area (Å²) in [5.41, 5.74) is 6.60. The second-order valence-electron chi connectivity index (χ2n) is 5.92. The van der Waals surface area contributed by atoms with Crippen molar-refractivity contribution in [1.29, 1.82) is 0 Å².